The number of pyridine rings is 1. The van der Waals surface area contributed by atoms with Crippen LogP contribution in [0.2, 0.25) is 10.3 Å². The molecule has 130 valence electrons. The largest absolute Gasteiger partial charge is 0.497 e. The minimum Gasteiger partial charge on any atom is -0.497 e. The Morgan fingerprint density at radius 2 is 1.92 bits per heavy atom. The second-order valence-corrected chi connectivity index (χ2v) is 5.90. The number of halogens is 2. The molecular weight excluding hydrogens is 369 g/mol. The Balaban J connectivity index is 2.24. The van der Waals surface area contributed by atoms with Crippen molar-refractivity contribution < 1.29 is 9.47 Å². The van der Waals surface area contributed by atoms with Gasteiger partial charge in [0.2, 0.25) is 0 Å². The first-order chi connectivity index (χ1) is 11.9. The topological polar surface area (TPSA) is 86.2 Å². The summed E-state index contributed by atoms with van der Waals surface area (Å²) in [6.45, 7) is 0.135. The van der Waals surface area contributed by atoms with Crippen molar-refractivity contribution in [2.24, 2.45) is 0 Å². The van der Waals surface area contributed by atoms with Crippen molar-refractivity contribution in [2.75, 3.05) is 14.2 Å². The standard InChI is InChI=1S/C16H13Cl2N3O4/c1-24-9-4-3-8(11(5-9)25-2)7-21-10-6-12(17)19-14(18)13(10)15(22)20-16(21)23/h3-6H,7H2,1-2H3,(H,20,22,23). The average molecular weight is 382 g/mol. The Bertz CT molecular complexity index is 1080. The lowest BCUT2D eigenvalue weighted by Crippen LogP contribution is -2.31. The van der Waals surface area contributed by atoms with Crippen molar-refractivity contribution in [1.29, 1.82) is 0 Å². The van der Waals surface area contributed by atoms with Crippen molar-refractivity contribution in [3.05, 3.63) is 61.0 Å². The molecule has 9 heteroatoms. The van der Waals surface area contributed by atoms with Gasteiger partial charge in [0.15, 0.2) is 0 Å². The molecule has 3 aromatic rings. The molecule has 2 heterocycles. The quantitative estimate of drug-likeness (QED) is 0.701. The predicted molar refractivity (Wildman–Crippen MR) is 95.3 cm³/mol. The van der Waals surface area contributed by atoms with Crippen molar-refractivity contribution in [2.45, 2.75) is 6.54 Å². The van der Waals surface area contributed by atoms with E-state index >= 15 is 0 Å². The molecule has 0 spiro atoms. The van der Waals surface area contributed by atoms with E-state index in [0.717, 1.165) is 0 Å². The molecule has 0 unspecified atom stereocenters. The molecule has 1 N–H and O–H groups in total. The number of aromatic amines is 1. The van der Waals surface area contributed by atoms with Crippen molar-refractivity contribution in [1.82, 2.24) is 14.5 Å². The second kappa shape index (κ2) is 6.78. The van der Waals surface area contributed by atoms with Gasteiger partial charge in [-0.15, -0.1) is 0 Å². The molecule has 7 nitrogen and oxygen atoms in total. The van der Waals surface area contributed by atoms with Crippen LogP contribution in [0.25, 0.3) is 10.9 Å². The number of hydrogen-bond donors (Lipinski definition) is 1. The number of nitrogens with one attached hydrogen (secondary N) is 1. The number of H-pyrrole nitrogens is 1. The van der Waals surface area contributed by atoms with Crippen LogP contribution in [-0.4, -0.2) is 28.8 Å². The molecule has 0 aliphatic heterocycles. The second-order valence-electron chi connectivity index (χ2n) is 5.15. The van der Waals surface area contributed by atoms with E-state index in [0.29, 0.717) is 17.1 Å². The fraction of sp³-hybridized carbons (Fsp3) is 0.188. The van der Waals surface area contributed by atoms with E-state index in [1.165, 1.54) is 17.7 Å². The van der Waals surface area contributed by atoms with Gasteiger partial charge in [0.05, 0.1) is 26.3 Å². The molecule has 0 saturated carbocycles. The van der Waals surface area contributed by atoms with E-state index < -0.39 is 11.2 Å². The molecule has 0 aliphatic rings. The number of benzene rings is 1. The summed E-state index contributed by atoms with van der Waals surface area (Å²) in [4.78, 5) is 30.5. The number of fused-ring (bicyclic) bond motifs is 1. The van der Waals surface area contributed by atoms with E-state index in [1.807, 2.05) is 0 Å². The van der Waals surface area contributed by atoms with Crippen LogP contribution in [0.4, 0.5) is 0 Å². The van der Waals surface area contributed by atoms with Crippen LogP contribution in [-0.2, 0) is 6.54 Å². The first kappa shape index (κ1) is 17.3. The molecule has 0 fully saturated rings. The highest BCUT2D eigenvalue weighted by atomic mass is 35.5. The Hall–Kier alpha value is -2.51. The van der Waals surface area contributed by atoms with Crippen LogP contribution in [0.5, 0.6) is 11.5 Å². The van der Waals surface area contributed by atoms with Gasteiger partial charge in [-0.1, -0.05) is 23.2 Å². The van der Waals surface area contributed by atoms with Crippen molar-refractivity contribution in [3.8, 4) is 11.5 Å². The molecule has 0 bridgehead atoms. The molecule has 25 heavy (non-hydrogen) atoms. The van der Waals surface area contributed by atoms with E-state index in [1.54, 1.807) is 25.3 Å². The zero-order chi connectivity index (χ0) is 18.1. The monoisotopic (exact) mass is 381 g/mol. The highest BCUT2D eigenvalue weighted by Gasteiger charge is 2.15. The predicted octanol–water partition coefficient (Wildman–Crippen LogP) is 2.46. The first-order valence-electron chi connectivity index (χ1n) is 7.14. The lowest BCUT2D eigenvalue weighted by Gasteiger charge is -2.14. The van der Waals surface area contributed by atoms with Gasteiger partial charge in [-0.25, -0.2) is 9.78 Å². The molecule has 0 saturated heterocycles. The van der Waals surface area contributed by atoms with Crippen molar-refractivity contribution >= 4 is 34.1 Å². The van der Waals surface area contributed by atoms with Gasteiger partial charge in [-0.05, 0) is 12.1 Å². The number of aromatic nitrogens is 3. The van der Waals surface area contributed by atoms with E-state index in [2.05, 4.69) is 9.97 Å². The molecule has 3 rings (SSSR count). The molecule has 2 aromatic heterocycles. The SMILES string of the molecule is COc1ccc(Cn2c(=O)[nH]c(=O)c3c(Cl)nc(Cl)cc32)c(OC)c1. The minimum absolute atomic E-state index is 0.0702. The van der Waals surface area contributed by atoms with Crippen molar-refractivity contribution in [3.63, 3.8) is 0 Å². The highest BCUT2D eigenvalue weighted by molar-refractivity contribution is 6.36. The Morgan fingerprint density at radius 3 is 2.60 bits per heavy atom. The van der Waals surface area contributed by atoms with Crippen LogP contribution in [0.15, 0.2) is 33.9 Å². The Morgan fingerprint density at radius 1 is 1.16 bits per heavy atom. The zero-order valence-electron chi connectivity index (χ0n) is 13.3. The van der Waals surface area contributed by atoms with Gasteiger partial charge < -0.3 is 9.47 Å². The molecule has 0 atom stereocenters. The first-order valence-corrected chi connectivity index (χ1v) is 7.90. The Kier molecular flexibility index (Phi) is 4.69. The number of nitrogens with zero attached hydrogens (tertiary/aromatic N) is 2. The smallest absolute Gasteiger partial charge is 0.329 e. The molecule has 1 aromatic carbocycles. The summed E-state index contributed by atoms with van der Waals surface area (Å²) >= 11 is 12.0. The Labute approximate surface area is 151 Å². The minimum atomic E-state index is -0.618. The molecule has 0 amide bonds. The van der Waals surface area contributed by atoms with Gasteiger partial charge >= 0.3 is 5.69 Å². The summed E-state index contributed by atoms with van der Waals surface area (Å²) in [7, 11) is 3.06. The van der Waals surface area contributed by atoms with Gasteiger partial charge in [0.1, 0.15) is 27.2 Å². The summed E-state index contributed by atoms with van der Waals surface area (Å²) in [5, 5.41) is 0.107. The summed E-state index contributed by atoms with van der Waals surface area (Å²) in [6.07, 6.45) is 0. The highest BCUT2D eigenvalue weighted by Crippen LogP contribution is 2.26. The summed E-state index contributed by atoms with van der Waals surface area (Å²) in [6, 6.07) is 6.65. The maximum Gasteiger partial charge on any atom is 0.329 e. The van der Waals surface area contributed by atoms with E-state index in [9.17, 15) is 9.59 Å². The van der Waals surface area contributed by atoms with Crippen LogP contribution >= 0.6 is 23.2 Å². The molecular formula is C16H13Cl2N3O4. The average Bonchev–Trinajstić information content (AvgIpc) is 2.57. The number of rotatable bonds is 4. The fourth-order valence-corrected chi connectivity index (χ4v) is 3.05. The van der Waals surface area contributed by atoms with Gasteiger partial charge in [0.25, 0.3) is 5.56 Å². The van der Waals surface area contributed by atoms with E-state index in [-0.39, 0.29) is 27.8 Å². The third-order valence-electron chi connectivity index (χ3n) is 3.73. The van der Waals surface area contributed by atoms with E-state index in [4.69, 9.17) is 32.7 Å². The lowest BCUT2D eigenvalue weighted by molar-refractivity contribution is 0.390. The summed E-state index contributed by atoms with van der Waals surface area (Å²) in [5.74, 6) is 1.16. The lowest BCUT2D eigenvalue weighted by atomic mass is 10.1. The summed E-state index contributed by atoms with van der Waals surface area (Å²) in [5.41, 5.74) is -0.208. The fourth-order valence-electron chi connectivity index (χ4n) is 2.54. The van der Waals surface area contributed by atoms with Gasteiger partial charge in [-0.2, -0.15) is 0 Å². The van der Waals surface area contributed by atoms with Crippen LogP contribution in [0.1, 0.15) is 5.56 Å². The zero-order valence-corrected chi connectivity index (χ0v) is 14.8. The summed E-state index contributed by atoms with van der Waals surface area (Å²) < 4.78 is 11.9. The number of methoxy groups -OCH3 is 2. The van der Waals surface area contributed by atoms with Crippen LogP contribution in [0.3, 0.4) is 0 Å². The van der Waals surface area contributed by atoms with Crippen LogP contribution in [0, 0.1) is 0 Å². The van der Waals surface area contributed by atoms with Gasteiger partial charge in [-0.3, -0.25) is 14.3 Å². The maximum absolute atomic E-state index is 12.3. The normalized spacial score (nSPS) is 10.9. The number of hydrogen-bond acceptors (Lipinski definition) is 5. The maximum atomic E-state index is 12.3. The van der Waals surface area contributed by atoms with Crippen LogP contribution < -0.4 is 20.7 Å². The molecule has 0 radical (unpaired) electrons. The third-order valence-corrected chi connectivity index (χ3v) is 4.20. The molecule has 0 aliphatic carbocycles. The van der Waals surface area contributed by atoms with Gasteiger partial charge in [0, 0.05) is 17.7 Å². The third kappa shape index (κ3) is 3.20. The number of ether oxygens (including phenoxy) is 2.